The van der Waals surface area contributed by atoms with Gasteiger partial charge in [-0.15, -0.1) is 0 Å². The van der Waals surface area contributed by atoms with Crippen LogP contribution in [0.25, 0.3) is 0 Å². The zero-order valence-corrected chi connectivity index (χ0v) is 10.8. The average molecular weight is 281 g/mol. The van der Waals surface area contributed by atoms with Crippen molar-refractivity contribution in [2.45, 2.75) is 13.5 Å². The van der Waals surface area contributed by atoms with Crippen molar-refractivity contribution in [2.24, 2.45) is 0 Å². The molecule has 1 aromatic heterocycles. The van der Waals surface area contributed by atoms with Crippen LogP contribution in [0.1, 0.15) is 23.0 Å². The van der Waals surface area contributed by atoms with Crippen molar-refractivity contribution >= 4 is 11.7 Å². The highest BCUT2D eigenvalue weighted by Crippen LogP contribution is 2.15. The highest BCUT2D eigenvalue weighted by Gasteiger charge is 2.16. The fraction of sp³-hybridized carbons (Fsp3) is 0.231. The standard InChI is InChI=1S/C13H13F2N3O2/c1-2-20-13(19)12-11(16)7-18(17-12)6-8-5-9(14)3-4-10(8)15/h3-5,7H,2,6,16H2,1H3. The third-order valence-corrected chi connectivity index (χ3v) is 2.60. The van der Waals surface area contributed by atoms with E-state index in [0.717, 1.165) is 18.2 Å². The first-order valence-electron chi connectivity index (χ1n) is 5.95. The molecule has 2 N–H and O–H groups in total. The summed E-state index contributed by atoms with van der Waals surface area (Å²) < 4.78 is 32.6. The first-order chi connectivity index (χ1) is 9.51. The van der Waals surface area contributed by atoms with E-state index < -0.39 is 17.6 Å². The van der Waals surface area contributed by atoms with E-state index in [1.165, 1.54) is 10.9 Å². The number of esters is 1. The molecule has 0 amide bonds. The molecule has 0 saturated carbocycles. The number of anilines is 1. The largest absolute Gasteiger partial charge is 0.461 e. The van der Waals surface area contributed by atoms with Crippen molar-refractivity contribution in [1.29, 1.82) is 0 Å². The molecule has 2 aromatic rings. The van der Waals surface area contributed by atoms with E-state index >= 15 is 0 Å². The van der Waals surface area contributed by atoms with E-state index in [4.69, 9.17) is 10.5 Å². The van der Waals surface area contributed by atoms with Crippen LogP contribution >= 0.6 is 0 Å². The maximum Gasteiger partial charge on any atom is 0.361 e. The van der Waals surface area contributed by atoms with Crippen molar-refractivity contribution in [3.63, 3.8) is 0 Å². The van der Waals surface area contributed by atoms with Gasteiger partial charge in [0.1, 0.15) is 11.6 Å². The summed E-state index contributed by atoms with van der Waals surface area (Å²) in [6.07, 6.45) is 1.37. The van der Waals surface area contributed by atoms with Crippen molar-refractivity contribution in [3.05, 3.63) is 47.3 Å². The molecule has 1 aromatic carbocycles. The van der Waals surface area contributed by atoms with E-state index in [1.54, 1.807) is 6.92 Å². The molecule has 0 atom stereocenters. The smallest absolute Gasteiger partial charge is 0.361 e. The Morgan fingerprint density at radius 2 is 2.20 bits per heavy atom. The van der Waals surface area contributed by atoms with E-state index in [1.807, 2.05) is 0 Å². The Bertz CT molecular complexity index is 641. The first-order valence-corrected chi connectivity index (χ1v) is 5.95. The van der Waals surface area contributed by atoms with Crippen molar-refractivity contribution in [3.8, 4) is 0 Å². The van der Waals surface area contributed by atoms with Crippen LogP contribution in [-0.2, 0) is 11.3 Å². The highest BCUT2D eigenvalue weighted by molar-refractivity contribution is 5.92. The number of nitrogens with two attached hydrogens (primary N) is 1. The van der Waals surface area contributed by atoms with Gasteiger partial charge >= 0.3 is 5.97 Å². The molecule has 0 unspecified atom stereocenters. The van der Waals surface area contributed by atoms with E-state index in [0.29, 0.717) is 0 Å². The third kappa shape index (κ3) is 2.93. The van der Waals surface area contributed by atoms with Crippen LogP contribution < -0.4 is 5.73 Å². The maximum absolute atomic E-state index is 13.5. The van der Waals surface area contributed by atoms with E-state index in [-0.39, 0.29) is 30.1 Å². The fourth-order valence-corrected chi connectivity index (χ4v) is 1.71. The van der Waals surface area contributed by atoms with Crippen LogP contribution in [0.15, 0.2) is 24.4 Å². The summed E-state index contributed by atoms with van der Waals surface area (Å²) in [6.45, 7) is 1.82. The van der Waals surface area contributed by atoms with Gasteiger partial charge in [-0.2, -0.15) is 5.10 Å². The van der Waals surface area contributed by atoms with Crippen LogP contribution in [-0.4, -0.2) is 22.4 Å². The quantitative estimate of drug-likeness (QED) is 0.870. The molecule has 0 saturated heterocycles. The number of nitrogens with zero attached hydrogens (tertiary/aromatic N) is 2. The van der Waals surface area contributed by atoms with E-state index in [9.17, 15) is 13.6 Å². The van der Waals surface area contributed by atoms with Gasteiger partial charge in [0, 0.05) is 11.8 Å². The zero-order chi connectivity index (χ0) is 14.7. The molecule has 0 radical (unpaired) electrons. The number of rotatable bonds is 4. The number of aromatic nitrogens is 2. The molecule has 106 valence electrons. The number of ether oxygens (including phenoxy) is 1. The second-order valence-corrected chi connectivity index (χ2v) is 4.09. The SMILES string of the molecule is CCOC(=O)c1nn(Cc2cc(F)ccc2F)cc1N. The van der Waals surface area contributed by atoms with Gasteiger partial charge in [-0.05, 0) is 25.1 Å². The number of hydrogen-bond donors (Lipinski definition) is 1. The highest BCUT2D eigenvalue weighted by atomic mass is 19.1. The fourth-order valence-electron chi connectivity index (χ4n) is 1.71. The van der Waals surface area contributed by atoms with Gasteiger partial charge in [-0.3, -0.25) is 4.68 Å². The lowest BCUT2D eigenvalue weighted by Crippen LogP contribution is -2.09. The Kier molecular flexibility index (Phi) is 3.97. The summed E-state index contributed by atoms with van der Waals surface area (Å²) in [6, 6.07) is 3.13. The Labute approximate surface area is 114 Å². The summed E-state index contributed by atoms with van der Waals surface area (Å²) in [5, 5.41) is 3.92. The molecular weight excluding hydrogens is 268 g/mol. The minimum absolute atomic E-state index is 0.0345. The number of halogens is 2. The number of hydrogen-bond acceptors (Lipinski definition) is 4. The van der Waals surface area contributed by atoms with Crippen LogP contribution in [0.2, 0.25) is 0 Å². The molecule has 2 rings (SSSR count). The molecule has 0 aliphatic heterocycles. The molecular formula is C13H13F2N3O2. The molecule has 0 aliphatic rings. The molecule has 0 fully saturated rings. The second-order valence-electron chi connectivity index (χ2n) is 4.09. The lowest BCUT2D eigenvalue weighted by Gasteiger charge is -2.03. The van der Waals surface area contributed by atoms with Crippen molar-refractivity contribution < 1.29 is 18.3 Å². The van der Waals surface area contributed by atoms with Crippen LogP contribution in [0.3, 0.4) is 0 Å². The molecule has 0 aliphatic carbocycles. The molecule has 20 heavy (non-hydrogen) atoms. The van der Waals surface area contributed by atoms with Gasteiger partial charge in [0.05, 0.1) is 18.8 Å². The molecule has 0 bridgehead atoms. The predicted molar refractivity (Wildman–Crippen MR) is 68.1 cm³/mol. The van der Waals surface area contributed by atoms with Gasteiger partial charge in [0.25, 0.3) is 0 Å². The zero-order valence-electron chi connectivity index (χ0n) is 10.8. The Hall–Kier alpha value is -2.44. The summed E-state index contributed by atoms with van der Waals surface area (Å²) in [7, 11) is 0. The number of benzene rings is 1. The Morgan fingerprint density at radius 1 is 1.45 bits per heavy atom. The average Bonchev–Trinajstić information content (AvgIpc) is 2.75. The van der Waals surface area contributed by atoms with Crippen LogP contribution in [0.5, 0.6) is 0 Å². The van der Waals surface area contributed by atoms with Gasteiger partial charge in [0.2, 0.25) is 0 Å². The maximum atomic E-state index is 13.5. The lowest BCUT2D eigenvalue weighted by atomic mass is 10.2. The van der Waals surface area contributed by atoms with E-state index in [2.05, 4.69) is 5.10 Å². The molecule has 5 nitrogen and oxygen atoms in total. The summed E-state index contributed by atoms with van der Waals surface area (Å²) in [5.74, 6) is -1.76. The van der Waals surface area contributed by atoms with Crippen molar-refractivity contribution in [1.82, 2.24) is 9.78 Å². The minimum Gasteiger partial charge on any atom is -0.461 e. The van der Waals surface area contributed by atoms with Gasteiger partial charge < -0.3 is 10.5 Å². The van der Waals surface area contributed by atoms with Gasteiger partial charge in [0.15, 0.2) is 5.69 Å². The third-order valence-electron chi connectivity index (χ3n) is 2.60. The normalized spacial score (nSPS) is 10.6. The summed E-state index contributed by atoms with van der Waals surface area (Å²) in [4.78, 5) is 11.5. The first kappa shape index (κ1) is 14.0. The topological polar surface area (TPSA) is 70.1 Å². The molecule has 0 spiro atoms. The van der Waals surface area contributed by atoms with Crippen molar-refractivity contribution in [2.75, 3.05) is 12.3 Å². The summed E-state index contributed by atoms with van der Waals surface area (Å²) >= 11 is 0. The Balaban J connectivity index is 2.24. The second kappa shape index (κ2) is 5.68. The summed E-state index contributed by atoms with van der Waals surface area (Å²) in [5.41, 5.74) is 5.84. The van der Waals surface area contributed by atoms with Gasteiger partial charge in [-0.25, -0.2) is 13.6 Å². The Morgan fingerprint density at radius 3 is 2.90 bits per heavy atom. The van der Waals surface area contributed by atoms with Crippen LogP contribution in [0, 0.1) is 11.6 Å². The minimum atomic E-state index is -0.650. The molecule has 7 heteroatoms. The predicted octanol–water partition coefficient (Wildman–Crippen LogP) is 1.97. The van der Waals surface area contributed by atoms with Gasteiger partial charge in [-0.1, -0.05) is 0 Å². The monoisotopic (exact) mass is 281 g/mol. The van der Waals surface area contributed by atoms with Crippen LogP contribution in [0.4, 0.5) is 14.5 Å². The number of carbonyl (C=O) groups is 1. The number of carbonyl (C=O) groups excluding carboxylic acids is 1. The molecule has 1 heterocycles. The number of nitrogen functional groups attached to an aromatic ring is 1. The lowest BCUT2D eigenvalue weighted by molar-refractivity contribution is 0.0519.